The van der Waals surface area contributed by atoms with Crippen LogP contribution in [0.15, 0.2) is 22.7 Å². The monoisotopic (exact) mass is 326 g/mol. The number of nitrogens with two attached hydrogens (primary N) is 1. The fraction of sp³-hybridized carbons (Fsp3) is 0.385. The van der Waals surface area contributed by atoms with Gasteiger partial charge in [-0.15, -0.1) is 0 Å². The molecule has 19 heavy (non-hydrogen) atoms. The minimum atomic E-state index is -1.08. The highest BCUT2D eigenvalue weighted by Crippen LogP contribution is 2.42. The Bertz CT molecular complexity index is 543. The number of amides is 1. The smallest absolute Gasteiger partial charge is 0.329 e. The molecule has 1 aromatic rings. The van der Waals surface area contributed by atoms with Gasteiger partial charge >= 0.3 is 5.97 Å². The Labute approximate surface area is 119 Å². The first-order chi connectivity index (χ1) is 8.86. The maximum atomic E-state index is 11.5. The van der Waals surface area contributed by atoms with Crippen LogP contribution in [0.5, 0.6) is 0 Å². The van der Waals surface area contributed by atoms with Gasteiger partial charge < -0.3 is 16.2 Å². The highest BCUT2D eigenvalue weighted by molar-refractivity contribution is 9.10. The fourth-order valence-corrected chi connectivity index (χ4v) is 2.71. The van der Waals surface area contributed by atoms with Crippen LogP contribution in [0.2, 0.25) is 0 Å². The van der Waals surface area contributed by atoms with Crippen molar-refractivity contribution in [2.45, 2.75) is 25.3 Å². The molecule has 4 N–H and O–H groups in total. The largest absolute Gasteiger partial charge is 0.480 e. The summed E-state index contributed by atoms with van der Waals surface area (Å²) in [7, 11) is 0. The molecule has 1 unspecified atom stereocenters. The van der Waals surface area contributed by atoms with Crippen LogP contribution in [0.1, 0.15) is 30.1 Å². The second kappa shape index (κ2) is 4.85. The number of benzene rings is 1. The van der Waals surface area contributed by atoms with Crippen molar-refractivity contribution >= 4 is 33.5 Å². The second-order valence-corrected chi connectivity index (χ2v) is 5.79. The van der Waals surface area contributed by atoms with Gasteiger partial charge in [-0.05, 0) is 53.7 Å². The van der Waals surface area contributed by atoms with Crippen molar-refractivity contribution in [1.82, 2.24) is 0 Å². The summed E-state index contributed by atoms with van der Waals surface area (Å²) in [5.74, 6) is -1.45. The van der Waals surface area contributed by atoms with E-state index < -0.39 is 17.4 Å². The van der Waals surface area contributed by atoms with Crippen LogP contribution in [-0.2, 0) is 4.79 Å². The summed E-state index contributed by atoms with van der Waals surface area (Å²) in [6.45, 7) is 1.64. The predicted molar refractivity (Wildman–Crippen MR) is 75.0 cm³/mol. The number of carbonyl (C=O) groups is 2. The van der Waals surface area contributed by atoms with Crippen LogP contribution in [0, 0.1) is 5.92 Å². The minimum absolute atomic E-state index is 0.0738. The van der Waals surface area contributed by atoms with Gasteiger partial charge in [-0.2, -0.15) is 0 Å². The molecular formula is C13H15BrN2O3. The summed E-state index contributed by atoms with van der Waals surface area (Å²) in [4.78, 5) is 23.0. The van der Waals surface area contributed by atoms with Gasteiger partial charge in [0.25, 0.3) is 5.91 Å². The molecule has 0 aliphatic heterocycles. The maximum absolute atomic E-state index is 11.5. The Kier molecular flexibility index (Phi) is 3.54. The highest BCUT2D eigenvalue weighted by Gasteiger charge is 2.48. The molecule has 102 valence electrons. The fourth-order valence-electron chi connectivity index (χ4n) is 2.15. The number of anilines is 1. The molecule has 1 atom stereocenters. The first kappa shape index (κ1) is 13.9. The van der Waals surface area contributed by atoms with Crippen LogP contribution in [0.25, 0.3) is 0 Å². The van der Waals surface area contributed by atoms with E-state index in [1.165, 1.54) is 0 Å². The number of aliphatic carboxylic acids is 1. The molecule has 1 aromatic carbocycles. The molecule has 0 spiro atoms. The number of hydrogen-bond acceptors (Lipinski definition) is 3. The van der Waals surface area contributed by atoms with Crippen molar-refractivity contribution in [3.05, 3.63) is 28.2 Å². The molecule has 5 nitrogen and oxygen atoms in total. The number of carboxylic acids is 1. The quantitative estimate of drug-likeness (QED) is 0.773. The van der Waals surface area contributed by atoms with Crippen molar-refractivity contribution in [1.29, 1.82) is 0 Å². The molecule has 2 rings (SSSR count). The standard InChI is InChI=1S/C13H15BrN2O3/c1-13(12(18)19,7-5-6-7)16-9-4-2-3-8(14)10(9)11(15)17/h2-4,7,16H,5-6H2,1H3,(H2,15,17)(H,18,19). The minimum Gasteiger partial charge on any atom is -0.480 e. The Morgan fingerprint density at radius 2 is 2.11 bits per heavy atom. The van der Waals surface area contributed by atoms with Crippen LogP contribution >= 0.6 is 15.9 Å². The Morgan fingerprint density at radius 1 is 1.47 bits per heavy atom. The number of carbonyl (C=O) groups excluding carboxylic acids is 1. The van der Waals surface area contributed by atoms with E-state index in [-0.39, 0.29) is 11.5 Å². The number of hydrogen-bond donors (Lipinski definition) is 3. The van der Waals surface area contributed by atoms with E-state index in [9.17, 15) is 14.7 Å². The summed E-state index contributed by atoms with van der Waals surface area (Å²) in [6, 6.07) is 5.09. The average Bonchev–Trinajstić information content (AvgIpc) is 3.11. The summed E-state index contributed by atoms with van der Waals surface area (Å²) in [5, 5.41) is 12.4. The molecule has 0 saturated heterocycles. The van der Waals surface area contributed by atoms with E-state index in [1.54, 1.807) is 25.1 Å². The molecule has 0 radical (unpaired) electrons. The third kappa shape index (κ3) is 2.58. The van der Waals surface area contributed by atoms with Crippen molar-refractivity contribution in [2.24, 2.45) is 11.7 Å². The van der Waals surface area contributed by atoms with Gasteiger partial charge in [0, 0.05) is 10.2 Å². The van der Waals surface area contributed by atoms with Gasteiger partial charge in [0.1, 0.15) is 5.54 Å². The maximum Gasteiger partial charge on any atom is 0.329 e. The highest BCUT2D eigenvalue weighted by atomic mass is 79.9. The van der Waals surface area contributed by atoms with Crippen LogP contribution in [-0.4, -0.2) is 22.5 Å². The molecule has 0 bridgehead atoms. The summed E-state index contributed by atoms with van der Waals surface area (Å²) < 4.78 is 0.550. The summed E-state index contributed by atoms with van der Waals surface area (Å²) >= 11 is 3.26. The number of nitrogens with one attached hydrogen (secondary N) is 1. The molecule has 1 aliphatic carbocycles. The average molecular weight is 327 g/mol. The lowest BCUT2D eigenvalue weighted by molar-refractivity contribution is -0.142. The molecule has 6 heteroatoms. The molecule has 1 fully saturated rings. The summed E-state index contributed by atoms with van der Waals surface area (Å²) in [5.41, 5.74) is 4.98. The zero-order chi connectivity index (χ0) is 14.2. The van der Waals surface area contributed by atoms with E-state index >= 15 is 0 Å². The first-order valence-corrected chi connectivity index (χ1v) is 6.75. The van der Waals surface area contributed by atoms with Gasteiger partial charge in [0.05, 0.1) is 5.56 Å². The van der Waals surface area contributed by atoms with Gasteiger partial charge in [-0.25, -0.2) is 4.79 Å². The van der Waals surface area contributed by atoms with E-state index in [0.717, 1.165) is 12.8 Å². The van der Waals surface area contributed by atoms with Crippen molar-refractivity contribution < 1.29 is 14.7 Å². The van der Waals surface area contributed by atoms with Crippen LogP contribution < -0.4 is 11.1 Å². The molecule has 1 amide bonds. The first-order valence-electron chi connectivity index (χ1n) is 5.96. The molecule has 0 heterocycles. The van der Waals surface area contributed by atoms with Gasteiger partial charge in [0.15, 0.2) is 0 Å². The van der Waals surface area contributed by atoms with Gasteiger partial charge in [-0.3, -0.25) is 4.79 Å². The molecular weight excluding hydrogens is 312 g/mol. The predicted octanol–water partition coefficient (Wildman–Crippen LogP) is 2.21. The van der Waals surface area contributed by atoms with E-state index in [2.05, 4.69) is 21.2 Å². The number of carboxylic acid groups (broad SMARTS) is 1. The SMILES string of the molecule is CC(Nc1cccc(Br)c1C(N)=O)(C(=O)O)C1CC1. The van der Waals surface area contributed by atoms with Crippen LogP contribution in [0.3, 0.4) is 0 Å². The number of rotatable bonds is 5. The number of primary amides is 1. The Morgan fingerprint density at radius 3 is 2.58 bits per heavy atom. The number of halogens is 1. The van der Waals surface area contributed by atoms with Gasteiger partial charge in [-0.1, -0.05) is 6.07 Å². The van der Waals surface area contributed by atoms with Crippen molar-refractivity contribution in [2.75, 3.05) is 5.32 Å². The van der Waals surface area contributed by atoms with Crippen molar-refractivity contribution in [3.63, 3.8) is 0 Å². The molecule has 1 saturated carbocycles. The van der Waals surface area contributed by atoms with Crippen molar-refractivity contribution in [3.8, 4) is 0 Å². The van der Waals surface area contributed by atoms with E-state index in [4.69, 9.17) is 5.73 Å². The second-order valence-electron chi connectivity index (χ2n) is 4.93. The Hall–Kier alpha value is -1.56. The van der Waals surface area contributed by atoms with E-state index in [0.29, 0.717) is 10.2 Å². The third-order valence-electron chi connectivity index (χ3n) is 3.49. The molecule has 1 aliphatic rings. The lowest BCUT2D eigenvalue weighted by Gasteiger charge is -2.28. The summed E-state index contributed by atoms with van der Waals surface area (Å²) in [6.07, 6.45) is 1.74. The zero-order valence-corrected chi connectivity index (χ0v) is 12.0. The zero-order valence-electron chi connectivity index (χ0n) is 10.4. The lowest BCUT2D eigenvalue weighted by atomic mass is 9.95. The normalized spacial score (nSPS) is 17.6. The van der Waals surface area contributed by atoms with Crippen LogP contribution in [0.4, 0.5) is 5.69 Å². The topological polar surface area (TPSA) is 92.4 Å². The Balaban J connectivity index is 2.40. The molecule has 0 aromatic heterocycles. The lowest BCUT2D eigenvalue weighted by Crippen LogP contribution is -2.46. The van der Waals surface area contributed by atoms with E-state index in [1.807, 2.05) is 0 Å². The third-order valence-corrected chi connectivity index (χ3v) is 4.15. The van der Waals surface area contributed by atoms with Gasteiger partial charge in [0.2, 0.25) is 0 Å².